The molecule has 1 N–H and O–H groups in total. The largest absolute Gasteiger partial charge is 0.467 e. The van der Waals surface area contributed by atoms with E-state index < -0.39 is 0 Å². The lowest BCUT2D eigenvalue weighted by atomic mass is 10.4. The van der Waals surface area contributed by atoms with E-state index in [1.165, 1.54) is 11.8 Å². The van der Waals surface area contributed by atoms with Crippen LogP contribution in [-0.4, -0.2) is 35.2 Å². The van der Waals surface area contributed by atoms with Crippen LogP contribution in [0.4, 0.5) is 5.82 Å². The number of carbonyl (C=O) groups excluding carboxylic acids is 1. The number of carbonyl (C=O) groups is 1. The van der Waals surface area contributed by atoms with Crippen molar-refractivity contribution in [1.29, 1.82) is 0 Å². The summed E-state index contributed by atoms with van der Waals surface area (Å²) in [6, 6.07) is 5.31. The van der Waals surface area contributed by atoms with Gasteiger partial charge in [0, 0.05) is 19.7 Å². The summed E-state index contributed by atoms with van der Waals surface area (Å²) >= 11 is 7.29. The summed E-state index contributed by atoms with van der Waals surface area (Å²) < 4.78 is 5.16. The van der Waals surface area contributed by atoms with E-state index in [9.17, 15) is 4.79 Å². The van der Waals surface area contributed by atoms with E-state index in [0.717, 1.165) is 18.8 Å². The van der Waals surface area contributed by atoms with Crippen LogP contribution in [0.25, 0.3) is 0 Å². The van der Waals surface area contributed by atoms with E-state index in [1.54, 1.807) is 18.4 Å². The quantitative estimate of drug-likeness (QED) is 0.446. The van der Waals surface area contributed by atoms with Crippen LogP contribution < -0.4 is 10.2 Å². The van der Waals surface area contributed by atoms with Gasteiger partial charge in [-0.1, -0.05) is 30.3 Å². The van der Waals surface area contributed by atoms with E-state index in [4.69, 9.17) is 16.0 Å². The minimum atomic E-state index is -0.113. The summed E-state index contributed by atoms with van der Waals surface area (Å²) in [6.45, 7) is 3.34. The minimum Gasteiger partial charge on any atom is -0.467 e. The molecule has 2 rings (SSSR count). The predicted octanol–water partition coefficient (Wildman–Crippen LogP) is 2.98. The van der Waals surface area contributed by atoms with E-state index in [-0.39, 0.29) is 11.7 Å². The molecule has 124 valence electrons. The summed E-state index contributed by atoms with van der Waals surface area (Å²) in [4.78, 5) is 22.4. The first-order chi connectivity index (χ1) is 11.1. The Morgan fingerprint density at radius 3 is 3.00 bits per heavy atom. The Hall–Kier alpha value is -1.73. The third kappa shape index (κ3) is 5.76. The van der Waals surface area contributed by atoms with Crippen LogP contribution in [-0.2, 0) is 11.3 Å². The summed E-state index contributed by atoms with van der Waals surface area (Å²) in [7, 11) is 1.95. The van der Waals surface area contributed by atoms with Gasteiger partial charge in [0.25, 0.3) is 0 Å². The zero-order chi connectivity index (χ0) is 16.7. The fourth-order valence-corrected chi connectivity index (χ4v) is 2.79. The fraction of sp³-hybridized carbons (Fsp3) is 0.400. The molecule has 0 saturated heterocycles. The first-order valence-corrected chi connectivity index (χ1v) is 8.62. The van der Waals surface area contributed by atoms with Crippen molar-refractivity contribution in [2.24, 2.45) is 0 Å². The number of hydrogen-bond acceptors (Lipinski definition) is 6. The van der Waals surface area contributed by atoms with Gasteiger partial charge in [-0.15, -0.1) is 0 Å². The van der Waals surface area contributed by atoms with Gasteiger partial charge in [0.05, 0.1) is 18.6 Å². The SMILES string of the molecule is CCCN(C)c1cc(Cl)nc(SCC(=O)NCc2ccco2)n1. The van der Waals surface area contributed by atoms with E-state index >= 15 is 0 Å². The fourth-order valence-electron chi connectivity index (χ4n) is 1.88. The second-order valence-corrected chi connectivity index (χ2v) is 6.23. The van der Waals surface area contributed by atoms with Crippen molar-refractivity contribution < 1.29 is 9.21 Å². The zero-order valence-corrected chi connectivity index (χ0v) is 14.7. The number of aromatic nitrogens is 2. The molecule has 0 spiro atoms. The molecule has 0 aromatic carbocycles. The molecular weight excluding hydrogens is 336 g/mol. The minimum absolute atomic E-state index is 0.113. The molecule has 1 amide bonds. The Bertz CT molecular complexity index is 636. The second kappa shape index (κ2) is 8.79. The molecule has 0 unspecified atom stereocenters. The second-order valence-electron chi connectivity index (χ2n) is 4.90. The van der Waals surface area contributed by atoms with E-state index in [2.05, 4.69) is 22.2 Å². The normalized spacial score (nSPS) is 10.6. The summed E-state index contributed by atoms with van der Waals surface area (Å²) in [5, 5.41) is 3.64. The number of hydrogen-bond donors (Lipinski definition) is 1. The summed E-state index contributed by atoms with van der Waals surface area (Å²) in [6.07, 6.45) is 2.58. The molecule has 2 aromatic rings. The molecule has 0 aliphatic heterocycles. The van der Waals surface area contributed by atoms with Gasteiger partial charge in [-0.3, -0.25) is 4.79 Å². The number of thioether (sulfide) groups is 1. The average molecular weight is 355 g/mol. The maximum atomic E-state index is 11.8. The number of furan rings is 1. The average Bonchev–Trinajstić information content (AvgIpc) is 3.04. The smallest absolute Gasteiger partial charge is 0.230 e. The van der Waals surface area contributed by atoms with Crippen molar-refractivity contribution in [1.82, 2.24) is 15.3 Å². The van der Waals surface area contributed by atoms with Crippen LogP contribution in [0.3, 0.4) is 0 Å². The van der Waals surface area contributed by atoms with Crippen molar-refractivity contribution in [3.63, 3.8) is 0 Å². The van der Waals surface area contributed by atoms with Crippen molar-refractivity contribution in [3.05, 3.63) is 35.4 Å². The molecule has 0 radical (unpaired) electrons. The lowest BCUT2D eigenvalue weighted by molar-refractivity contribution is -0.118. The highest BCUT2D eigenvalue weighted by molar-refractivity contribution is 7.99. The van der Waals surface area contributed by atoms with E-state index in [0.29, 0.717) is 22.6 Å². The first kappa shape index (κ1) is 17.6. The van der Waals surface area contributed by atoms with Gasteiger partial charge in [0.1, 0.15) is 16.7 Å². The van der Waals surface area contributed by atoms with Crippen LogP contribution >= 0.6 is 23.4 Å². The number of halogens is 1. The maximum absolute atomic E-state index is 11.8. The number of nitrogens with zero attached hydrogens (tertiary/aromatic N) is 3. The van der Waals surface area contributed by atoms with Gasteiger partial charge in [-0.05, 0) is 18.6 Å². The Labute approximate surface area is 144 Å². The summed E-state index contributed by atoms with van der Waals surface area (Å²) in [5.41, 5.74) is 0. The van der Waals surface area contributed by atoms with Crippen molar-refractivity contribution in [2.45, 2.75) is 25.0 Å². The number of rotatable bonds is 8. The first-order valence-electron chi connectivity index (χ1n) is 7.26. The highest BCUT2D eigenvalue weighted by Gasteiger charge is 2.10. The zero-order valence-electron chi connectivity index (χ0n) is 13.1. The number of nitrogens with one attached hydrogen (secondary N) is 1. The van der Waals surface area contributed by atoms with Gasteiger partial charge in [-0.2, -0.15) is 0 Å². The maximum Gasteiger partial charge on any atom is 0.230 e. The van der Waals surface area contributed by atoms with Gasteiger partial charge in [0.15, 0.2) is 5.16 Å². The molecular formula is C15H19ClN4O2S. The molecule has 0 bridgehead atoms. The predicted molar refractivity (Wildman–Crippen MR) is 91.9 cm³/mol. The molecule has 0 aliphatic rings. The summed E-state index contributed by atoms with van der Waals surface area (Å²) in [5.74, 6) is 1.58. The molecule has 0 aliphatic carbocycles. The molecule has 23 heavy (non-hydrogen) atoms. The highest BCUT2D eigenvalue weighted by Crippen LogP contribution is 2.21. The molecule has 0 fully saturated rings. The van der Waals surface area contributed by atoms with Crippen molar-refractivity contribution >= 4 is 35.1 Å². The standard InChI is InChI=1S/C15H19ClN4O2S/c1-3-6-20(2)13-8-12(16)18-15(19-13)23-10-14(21)17-9-11-5-4-7-22-11/h4-5,7-8H,3,6,9-10H2,1-2H3,(H,17,21). The Balaban J connectivity index is 1.88. The van der Waals surface area contributed by atoms with Crippen molar-refractivity contribution in [3.8, 4) is 0 Å². The third-order valence-electron chi connectivity index (χ3n) is 2.98. The monoisotopic (exact) mass is 354 g/mol. The highest BCUT2D eigenvalue weighted by atomic mass is 35.5. The molecule has 8 heteroatoms. The Morgan fingerprint density at radius 2 is 2.30 bits per heavy atom. The topological polar surface area (TPSA) is 71.3 Å². The number of amides is 1. The lowest BCUT2D eigenvalue weighted by Crippen LogP contribution is -2.24. The van der Waals surface area contributed by atoms with E-state index in [1.807, 2.05) is 18.0 Å². The lowest BCUT2D eigenvalue weighted by Gasteiger charge is -2.17. The van der Waals surface area contributed by atoms with Crippen molar-refractivity contribution in [2.75, 3.05) is 24.2 Å². The third-order valence-corrected chi connectivity index (χ3v) is 4.02. The van der Waals surface area contributed by atoms with Gasteiger partial charge >= 0.3 is 0 Å². The molecule has 0 saturated carbocycles. The molecule has 2 aromatic heterocycles. The molecule has 6 nitrogen and oxygen atoms in total. The molecule has 0 atom stereocenters. The van der Waals surface area contributed by atoms with Crippen LogP contribution in [0.1, 0.15) is 19.1 Å². The van der Waals surface area contributed by atoms with Crippen LogP contribution in [0.2, 0.25) is 5.15 Å². The van der Waals surface area contributed by atoms with Gasteiger partial charge in [0.2, 0.25) is 5.91 Å². The molecule has 2 heterocycles. The Kier molecular flexibility index (Phi) is 6.73. The van der Waals surface area contributed by atoms with Crippen LogP contribution in [0, 0.1) is 0 Å². The van der Waals surface area contributed by atoms with Gasteiger partial charge in [-0.25, -0.2) is 9.97 Å². The number of anilines is 1. The van der Waals surface area contributed by atoms with Crippen LogP contribution in [0.5, 0.6) is 0 Å². The van der Waals surface area contributed by atoms with Gasteiger partial charge < -0.3 is 14.6 Å². The van der Waals surface area contributed by atoms with Crippen LogP contribution in [0.15, 0.2) is 34.0 Å². The Morgan fingerprint density at radius 1 is 1.48 bits per heavy atom.